The summed E-state index contributed by atoms with van der Waals surface area (Å²) in [7, 11) is 1.78. The zero-order valence-corrected chi connectivity index (χ0v) is 18.2. The third-order valence-corrected chi connectivity index (χ3v) is 5.42. The number of anilines is 1. The van der Waals surface area contributed by atoms with Gasteiger partial charge in [0.25, 0.3) is 5.91 Å². The van der Waals surface area contributed by atoms with E-state index in [9.17, 15) is 9.59 Å². The monoisotopic (exact) mass is 433 g/mol. The van der Waals surface area contributed by atoms with E-state index in [0.717, 1.165) is 11.3 Å². The van der Waals surface area contributed by atoms with Gasteiger partial charge in [0.1, 0.15) is 11.5 Å². The summed E-state index contributed by atoms with van der Waals surface area (Å²) < 4.78 is 7.45. The van der Waals surface area contributed by atoms with E-state index in [4.69, 9.17) is 4.74 Å². The number of nitrogens with zero attached hydrogens (tertiary/aromatic N) is 3. The Bertz CT molecular complexity index is 1090. The Morgan fingerprint density at radius 1 is 1.06 bits per heavy atom. The Hall–Kier alpha value is -3.81. The second-order valence-corrected chi connectivity index (χ2v) is 8.01. The molecule has 166 valence electrons. The van der Waals surface area contributed by atoms with Crippen LogP contribution >= 0.6 is 0 Å². The second kappa shape index (κ2) is 9.55. The number of nitrogens with one attached hydrogen (secondary N) is 2. The van der Waals surface area contributed by atoms with Crippen LogP contribution in [0.2, 0.25) is 0 Å². The number of ether oxygens (including phenoxy) is 1. The first-order valence-corrected chi connectivity index (χ1v) is 10.7. The van der Waals surface area contributed by atoms with Crippen molar-refractivity contribution in [3.05, 3.63) is 72.1 Å². The van der Waals surface area contributed by atoms with Gasteiger partial charge in [0.05, 0.1) is 11.8 Å². The molecule has 3 aromatic rings. The number of benzene rings is 2. The maximum absolute atomic E-state index is 12.6. The Morgan fingerprint density at radius 2 is 1.81 bits per heavy atom. The minimum Gasteiger partial charge on any atom is -0.457 e. The largest absolute Gasteiger partial charge is 0.457 e. The van der Waals surface area contributed by atoms with Crippen molar-refractivity contribution in [2.75, 3.05) is 18.4 Å². The molecule has 1 aliphatic heterocycles. The maximum atomic E-state index is 12.6. The van der Waals surface area contributed by atoms with Crippen molar-refractivity contribution in [1.82, 2.24) is 20.0 Å². The van der Waals surface area contributed by atoms with Gasteiger partial charge in [0.2, 0.25) is 0 Å². The van der Waals surface area contributed by atoms with Crippen molar-refractivity contribution >= 4 is 17.6 Å². The number of likely N-dealkylation sites (tertiary alicyclic amines) is 1. The molecular formula is C24H27N5O3. The minimum atomic E-state index is -0.144. The normalized spacial score (nSPS) is 14.1. The third kappa shape index (κ3) is 5.46. The van der Waals surface area contributed by atoms with E-state index in [1.807, 2.05) is 55.5 Å². The second-order valence-electron chi connectivity index (χ2n) is 8.01. The number of rotatable bonds is 5. The van der Waals surface area contributed by atoms with Gasteiger partial charge < -0.3 is 20.3 Å². The Kier molecular flexibility index (Phi) is 6.39. The first-order valence-electron chi connectivity index (χ1n) is 10.7. The van der Waals surface area contributed by atoms with Gasteiger partial charge >= 0.3 is 6.03 Å². The molecule has 8 heteroatoms. The molecule has 0 radical (unpaired) electrons. The van der Waals surface area contributed by atoms with E-state index in [2.05, 4.69) is 15.7 Å². The predicted molar refractivity (Wildman–Crippen MR) is 122 cm³/mol. The minimum absolute atomic E-state index is 0.0461. The summed E-state index contributed by atoms with van der Waals surface area (Å²) in [4.78, 5) is 26.7. The molecule has 2 aromatic carbocycles. The smallest absolute Gasteiger partial charge is 0.321 e. The van der Waals surface area contributed by atoms with E-state index >= 15 is 0 Å². The van der Waals surface area contributed by atoms with E-state index < -0.39 is 0 Å². The van der Waals surface area contributed by atoms with Crippen LogP contribution in [-0.4, -0.2) is 45.8 Å². The highest BCUT2D eigenvalue weighted by Gasteiger charge is 2.24. The predicted octanol–water partition coefficient (Wildman–Crippen LogP) is 3.95. The van der Waals surface area contributed by atoms with Crippen molar-refractivity contribution in [2.45, 2.75) is 25.8 Å². The Balaban J connectivity index is 1.24. The average Bonchev–Trinajstić information content (AvgIpc) is 3.22. The molecule has 1 aromatic heterocycles. The van der Waals surface area contributed by atoms with Crippen LogP contribution in [0.15, 0.2) is 60.9 Å². The van der Waals surface area contributed by atoms with E-state index in [0.29, 0.717) is 42.9 Å². The first kappa shape index (κ1) is 21.4. The Morgan fingerprint density at radius 3 is 2.47 bits per heavy atom. The van der Waals surface area contributed by atoms with Gasteiger partial charge in [-0.2, -0.15) is 5.10 Å². The molecule has 0 saturated carbocycles. The van der Waals surface area contributed by atoms with Crippen LogP contribution in [0.25, 0.3) is 0 Å². The summed E-state index contributed by atoms with van der Waals surface area (Å²) in [5.74, 6) is 1.35. The number of carbonyl (C=O) groups is 2. The van der Waals surface area contributed by atoms with E-state index in [1.54, 1.807) is 29.0 Å². The molecule has 1 saturated heterocycles. The Labute approximate surface area is 187 Å². The van der Waals surface area contributed by atoms with Crippen molar-refractivity contribution < 1.29 is 14.3 Å². The maximum Gasteiger partial charge on any atom is 0.321 e. The number of carbonyl (C=O) groups excluding carboxylic acids is 2. The van der Waals surface area contributed by atoms with E-state index in [1.165, 1.54) is 0 Å². The lowest BCUT2D eigenvalue weighted by Gasteiger charge is -2.32. The molecule has 3 amide bonds. The fourth-order valence-corrected chi connectivity index (χ4v) is 3.66. The molecule has 0 spiro atoms. The van der Waals surface area contributed by atoms with Crippen molar-refractivity contribution in [1.29, 1.82) is 0 Å². The van der Waals surface area contributed by atoms with Gasteiger partial charge in [-0.15, -0.1) is 0 Å². The summed E-state index contributed by atoms with van der Waals surface area (Å²) in [5.41, 5.74) is 2.38. The zero-order valence-electron chi connectivity index (χ0n) is 18.2. The summed E-state index contributed by atoms with van der Waals surface area (Å²) in [6.45, 7) is 3.18. The molecule has 0 aliphatic carbocycles. The number of hydrogen-bond donors (Lipinski definition) is 2. The molecule has 2 N–H and O–H groups in total. The van der Waals surface area contributed by atoms with Gasteiger partial charge in [-0.3, -0.25) is 9.48 Å². The molecule has 0 atom stereocenters. The van der Waals surface area contributed by atoms with Crippen LogP contribution in [0.4, 0.5) is 10.5 Å². The molecular weight excluding hydrogens is 406 g/mol. The molecule has 2 heterocycles. The summed E-state index contributed by atoms with van der Waals surface area (Å²) in [6, 6.07) is 15.1. The van der Waals surface area contributed by atoms with Crippen LogP contribution < -0.4 is 15.4 Å². The van der Waals surface area contributed by atoms with Gasteiger partial charge in [0, 0.05) is 38.1 Å². The van der Waals surface area contributed by atoms with Crippen LogP contribution in [0, 0.1) is 6.92 Å². The summed E-state index contributed by atoms with van der Waals surface area (Å²) >= 11 is 0. The number of amides is 3. The highest BCUT2D eigenvalue weighted by atomic mass is 16.5. The molecule has 0 unspecified atom stereocenters. The molecule has 32 heavy (non-hydrogen) atoms. The zero-order chi connectivity index (χ0) is 22.5. The molecule has 0 bridgehead atoms. The summed E-state index contributed by atoms with van der Waals surface area (Å²) in [5, 5.41) is 9.97. The van der Waals surface area contributed by atoms with E-state index in [-0.39, 0.29) is 18.0 Å². The van der Waals surface area contributed by atoms with Crippen LogP contribution in [0.5, 0.6) is 11.5 Å². The third-order valence-electron chi connectivity index (χ3n) is 5.42. The van der Waals surface area contributed by atoms with Gasteiger partial charge in [-0.25, -0.2) is 4.79 Å². The lowest BCUT2D eigenvalue weighted by Crippen LogP contribution is -2.47. The SMILES string of the molecule is Cc1cccc(Oc2ccc(NC(=O)N3CCC(NC(=O)c4cnn(C)c4)CC3)cc2)c1. The number of piperidine rings is 1. The standard InChI is InChI=1S/C24H27N5O3/c1-17-4-3-5-22(14-17)32-21-8-6-19(7-9-21)27-24(31)29-12-10-20(11-13-29)26-23(30)18-15-25-28(2)16-18/h3-9,14-16,20H,10-13H2,1-2H3,(H,26,30)(H,27,31). The highest BCUT2D eigenvalue weighted by Crippen LogP contribution is 2.24. The fraction of sp³-hybridized carbons (Fsp3) is 0.292. The fourth-order valence-electron chi connectivity index (χ4n) is 3.66. The highest BCUT2D eigenvalue weighted by molar-refractivity contribution is 5.94. The van der Waals surface area contributed by atoms with Crippen LogP contribution in [0.3, 0.4) is 0 Å². The van der Waals surface area contributed by atoms with Crippen LogP contribution in [-0.2, 0) is 7.05 Å². The lowest BCUT2D eigenvalue weighted by molar-refractivity contribution is 0.0919. The molecule has 1 aliphatic rings. The van der Waals surface area contributed by atoms with Crippen LogP contribution in [0.1, 0.15) is 28.8 Å². The number of urea groups is 1. The lowest BCUT2D eigenvalue weighted by atomic mass is 10.0. The molecule has 1 fully saturated rings. The molecule has 8 nitrogen and oxygen atoms in total. The van der Waals surface area contributed by atoms with Crippen molar-refractivity contribution in [3.8, 4) is 11.5 Å². The quantitative estimate of drug-likeness (QED) is 0.638. The topological polar surface area (TPSA) is 88.5 Å². The van der Waals surface area contributed by atoms with Crippen molar-refractivity contribution in [2.24, 2.45) is 7.05 Å². The van der Waals surface area contributed by atoms with Gasteiger partial charge in [-0.1, -0.05) is 12.1 Å². The van der Waals surface area contributed by atoms with Gasteiger partial charge in [0.15, 0.2) is 0 Å². The molecule has 4 rings (SSSR count). The van der Waals surface area contributed by atoms with Crippen molar-refractivity contribution in [3.63, 3.8) is 0 Å². The summed E-state index contributed by atoms with van der Waals surface area (Å²) in [6.07, 6.45) is 4.66. The number of aryl methyl sites for hydroxylation is 2. The van der Waals surface area contributed by atoms with Gasteiger partial charge in [-0.05, 0) is 61.7 Å². The number of aromatic nitrogens is 2. The first-order chi connectivity index (χ1) is 15.5. The number of hydrogen-bond acceptors (Lipinski definition) is 4. The average molecular weight is 434 g/mol.